The number of halogens is 1. The maximum absolute atomic E-state index is 12.2. The minimum atomic E-state index is -0.357. The van der Waals surface area contributed by atoms with Gasteiger partial charge in [0.1, 0.15) is 17.4 Å². The summed E-state index contributed by atoms with van der Waals surface area (Å²) in [7, 11) is 0. The number of ether oxygens (including phenoxy) is 2. The van der Waals surface area contributed by atoms with E-state index < -0.39 is 0 Å². The molecule has 20 nitrogen and oxygen atoms in total. The molecule has 0 spiro atoms. The van der Waals surface area contributed by atoms with E-state index in [4.69, 9.17) is 32.2 Å². The Morgan fingerprint density at radius 2 is 0.893 bits per heavy atom. The molecule has 4 fully saturated rings. The number of piperidine rings is 4. The summed E-state index contributed by atoms with van der Waals surface area (Å²) < 4.78 is 9.41. The number of nitrogens with one attached hydrogen (secondary N) is 3. The number of nitrogens with zero attached hydrogens (tertiary/aromatic N) is 4. The van der Waals surface area contributed by atoms with Crippen LogP contribution in [0.2, 0.25) is 0 Å². The first-order valence-electron chi connectivity index (χ1n) is 35.4. The van der Waals surface area contributed by atoms with Crippen LogP contribution in [0.1, 0.15) is 115 Å². The Morgan fingerprint density at radius 3 is 1.23 bits per heavy atom. The summed E-state index contributed by atoms with van der Waals surface area (Å²) in [6.45, 7) is 21.0. The summed E-state index contributed by atoms with van der Waals surface area (Å²) in [6.07, 6.45) is 21.0. The van der Waals surface area contributed by atoms with Crippen LogP contribution in [-0.2, 0) is 76.9 Å². The van der Waals surface area contributed by atoms with Crippen LogP contribution in [0.4, 0.5) is 0 Å². The van der Waals surface area contributed by atoms with Gasteiger partial charge in [-0.2, -0.15) is 5.10 Å². The maximum atomic E-state index is 12.2. The number of para-hydroxylation sites is 2. The number of amides is 2. The van der Waals surface area contributed by atoms with Crippen LogP contribution in [-0.4, -0.2) is 159 Å². The van der Waals surface area contributed by atoms with Crippen molar-refractivity contribution in [3.63, 3.8) is 0 Å². The molecular formula is C81H108ClN8NaO12. The molecule has 0 saturated carbocycles. The number of hydrogen-bond acceptors (Lipinski definition) is 18. The number of alkyl halides is 1. The van der Waals surface area contributed by atoms with Crippen LogP contribution in [0.5, 0.6) is 11.5 Å². The van der Waals surface area contributed by atoms with Gasteiger partial charge in [-0.25, -0.2) is 11.3 Å². The smallest absolute Gasteiger partial charge is 0.662 e. The van der Waals surface area contributed by atoms with Crippen molar-refractivity contribution in [2.45, 2.75) is 104 Å². The van der Waals surface area contributed by atoms with Crippen LogP contribution in [0.25, 0.3) is 0 Å². The van der Waals surface area contributed by atoms with Crippen LogP contribution in [0.3, 0.4) is 0 Å². The minimum Gasteiger partial charge on any atom is -0.662 e. The fourth-order valence-electron chi connectivity index (χ4n) is 12.2. The number of phenolic OH excluding ortho intramolecular Hbond substituents is 2. The number of rotatable bonds is 25. The van der Waals surface area contributed by atoms with Gasteiger partial charge in [-0.1, -0.05) is 158 Å². The summed E-state index contributed by atoms with van der Waals surface area (Å²) in [6, 6.07) is 53.2. The summed E-state index contributed by atoms with van der Waals surface area (Å²) in [5.41, 5.74) is 12.9. The molecular weight excluding hydrogens is 1340 g/mol. The molecule has 0 bridgehead atoms. The molecule has 0 aromatic heterocycles. The van der Waals surface area contributed by atoms with E-state index in [1.54, 1.807) is 43.3 Å². The van der Waals surface area contributed by atoms with Crippen molar-refractivity contribution in [2.24, 2.45) is 34.6 Å². The third-order valence-corrected chi connectivity index (χ3v) is 17.8. The van der Waals surface area contributed by atoms with E-state index in [0.717, 1.165) is 113 Å². The summed E-state index contributed by atoms with van der Waals surface area (Å²) >= 11 is 5.06. The van der Waals surface area contributed by atoms with Crippen molar-refractivity contribution in [3.05, 3.63) is 228 Å². The van der Waals surface area contributed by atoms with E-state index in [1.807, 2.05) is 25.1 Å². The molecule has 4 aliphatic rings. The van der Waals surface area contributed by atoms with Crippen molar-refractivity contribution in [1.82, 2.24) is 30.9 Å². The topological polar surface area (TPSA) is 278 Å². The Kier molecular flexibility index (Phi) is 48.3. The molecule has 0 radical (unpaired) electrons. The predicted molar refractivity (Wildman–Crippen MR) is 402 cm³/mol. The molecule has 7 N–H and O–H groups in total. The number of hydrazine groups is 1. The Bertz CT molecular complexity index is 3330. The standard InChI is InChI=1S/C24H29N3O2.C16H23NO2.C14H21N3O.C12H17N.C10H10O2.C4H7ClO2.CH2O3.Na/c1-2-7-21-10-6-11-22(24(21)29)17-25-26-23(28)18-27-14-12-20(13-15-27)16-19-8-4-3-5-9-19;1-2-19-16(18)13-17-10-8-15(9-11-17)12-14-6-4-3-5-7-14;15-16-14(18)11-17-8-6-13(7-9-17)10-12-4-2-1-3-5-12;1-2-4-11(5-3-1)10-12-6-8-13-9-7-12;1-2-4-8-5-3-6-9(7-11)10(8)12;1-2-7-4(6)3-5;2-1-4-3;/h2-6,8-11,17,20,29H,1,7,12-16,18H2,(H,26,28);3-7,15H,2,8-13H2,1H3;1-5,13H,6-11,15H2,(H,16,18);1-5,12-13H,6-10H2;2-3,5-7,12H,1,4H2;2-3H2,1H3;1,3H;/q;;;;;;;+1/p-1/b25-17+;;;;;;;. The largest absolute Gasteiger partial charge is 1.00 e. The fourth-order valence-corrected chi connectivity index (χ4v) is 12.3. The zero-order valence-electron chi connectivity index (χ0n) is 60.6. The quantitative estimate of drug-likeness (QED) is 0.00312. The van der Waals surface area contributed by atoms with Crippen LogP contribution in [0, 0.1) is 23.7 Å². The molecule has 4 saturated heterocycles. The number of esters is 2. The Morgan fingerprint density at radius 1 is 0.544 bits per heavy atom. The zero-order valence-corrected chi connectivity index (χ0v) is 63.4. The molecule has 10 rings (SSSR count). The van der Waals surface area contributed by atoms with E-state index in [0.29, 0.717) is 69.0 Å². The molecule has 4 heterocycles. The number of carbonyl (C=O) groups is 6. The van der Waals surface area contributed by atoms with Crippen LogP contribution >= 0.6 is 11.6 Å². The van der Waals surface area contributed by atoms with Gasteiger partial charge in [-0.15, -0.1) is 24.8 Å². The van der Waals surface area contributed by atoms with E-state index >= 15 is 0 Å². The van der Waals surface area contributed by atoms with Crippen molar-refractivity contribution in [3.8, 4) is 11.5 Å². The molecule has 0 aliphatic carbocycles. The third kappa shape index (κ3) is 39.0. The van der Waals surface area contributed by atoms with Gasteiger partial charge >= 0.3 is 41.5 Å². The number of aldehydes is 1. The van der Waals surface area contributed by atoms with Crippen molar-refractivity contribution < 1.29 is 88.2 Å². The second kappa shape index (κ2) is 55.7. The van der Waals surface area contributed by atoms with Gasteiger partial charge in [-0.05, 0) is 225 Å². The zero-order chi connectivity index (χ0) is 73.8. The van der Waals surface area contributed by atoms with Crippen LogP contribution < -0.4 is 56.8 Å². The Balaban J connectivity index is 0.000000331. The number of likely N-dealkylation sites (tertiary alicyclic amines) is 3. The molecule has 2 amide bonds. The van der Waals surface area contributed by atoms with Crippen molar-refractivity contribution >= 4 is 54.3 Å². The second-order valence-corrected chi connectivity index (χ2v) is 25.5. The van der Waals surface area contributed by atoms with E-state index in [9.17, 15) is 34.2 Å². The van der Waals surface area contributed by atoms with Gasteiger partial charge in [0.05, 0.1) is 44.6 Å². The van der Waals surface area contributed by atoms with E-state index in [1.165, 1.54) is 73.7 Å². The SMILES string of the molecule is C=CCc1cccc(/C=N/NC(=O)CN2CCC(Cc3ccccc3)CC2)c1O.C=CCc1cccc(C=O)c1O.CCOC(=O)CCl.CCOC(=O)CN1CCC(Cc2ccccc2)CC1.NNC(=O)CN1CCC(Cc2ccccc2)CC1.O=CO[O-].[Na+].c1ccc(CC2CCNCC2)cc1. The second-order valence-electron chi connectivity index (χ2n) is 25.2. The molecule has 6 aromatic rings. The van der Waals surface area contributed by atoms with Gasteiger partial charge < -0.3 is 35.1 Å². The Labute approximate surface area is 637 Å². The Hall–Kier alpha value is -7.86. The van der Waals surface area contributed by atoms with Crippen LogP contribution in [0.15, 0.2) is 188 Å². The number of allylic oxidation sites excluding steroid dienone is 2. The minimum absolute atomic E-state index is 0. The number of benzene rings is 6. The number of nitrogens with two attached hydrogens (primary N) is 1. The molecule has 0 atom stereocenters. The maximum Gasteiger partial charge on any atom is 1.00 e. The molecule has 552 valence electrons. The van der Waals surface area contributed by atoms with Crippen molar-refractivity contribution in [1.29, 1.82) is 0 Å². The number of hydrazone groups is 1. The van der Waals surface area contributed by atoms with Crippen molar-refractivity contribution in [2.75, 3.05) is 91.1 Å². The van der Waals surface area contributed by atoms with Gasteiger partial charge in [-0.3, -0.25) is 48.9 Å². The summed E-state index contributed by atoms with van der Waals surface area (Å²) in [5, 5.41) is 35.5. The third-order valence-electron chi connectivity index (χ3n) is 17.6. The summed E-state index contributed by atoms with van der Waals surface area (Å²) in [5.74, 6) is 7.67. The first-order valence-corrected chi connectivity index (χ1v) is 35.9. The first kappa shape index (κ1) is 89.4. The average Bonchev–Trinajstić information content (AvgIpc) is 0.890. The predicted octanol–water partition coefficient (Wildman–Crippen LogP) is 7.35. The van der Waals surface area contributed by atoms with Gasteiger partial charge in [0.25, 0.3) is 12.4 Å². The number of hydrogen-bond donors (Lipinski definition) is 6. The average molecular weight is 1440 g/mol. The molecule has 4 aliphatic heterocycles. The molecule has 103 heavy (non-hydrogen) atoms. The first-order chi connectivity index (χ1) is 49.7. The molecule has 6 aromatic carbocycles. The number of phenols is 2. The van der Waals surface area contributed by atoms with Gasteiger partial charge in [0.15, 0.2) is 6.29 Å². The normalized spacial score (nSPS) is 14.8. The summed E-state index contributed by atoms with van der Waals surface area (Å²) in [4.78, 5) is 73.0. The molecule has 22 heteroatoms. The number of aromatic hydroxyl groups is 2. The van der Waals surface area contributed by atoms with E-state index in [-0.39, 0.29) is 77.2 Å². The monoisotopic (exact) mass is 1440 g/mol. The molecule has 0 unspecified atom stereocenters. The number of carbonyl (C=O) groups excluding carboxylic acids is 6. The van der Waals surface area contributed by atoms with Gasteiger partial charge in [0.2, 0.25) is 5.91 Å². The van der Waals surface area contributed by atoms with Gasteiger partial charge in [0, 0.05) is 5.56 Å². The van der Waals surface area contributed by atoms with E-state index in [2.05, 4.69) is 174 Å². The fraction of sp³-hybridized carbons (Fsp3) is 0.420.